The summed E-state index contributed by atoms with van der Waals surface area (Å²) in [5, 5.41) is 12.2. The number of carboxylic acid groups (broad SMARTS) is 1. The maximum absolute atomic E-state index is 13.1. The third-order valence-electron chi connectivity index (χ3n) is 5.60. The van der Waals surface area contributed by atoms with Gasteiger partial charge in [0.2, 0.25) is 11.8 Å². The zero-order valence-corrected chi connectivity index (χ0v) is 11.9. The van der Waals surface area contributed by atoms with Crippen LogP contribution in [0.4, 0.5) is 8.78 Å². The molecule has 2 N–H and O–H groups in total. The molecule has 3 saturated carbocycles. The summed E-state index contributed by atoms with van der Waals surface area (Å²) in [6.07, 6.45) is 2.64. The van der Waals surface area contributed by atoms with Crippen molar-refractivity contribution < 1.29 is 23.5 Å². The van der Waals surface area contributed by atoms with Gasteiger partial charge in [-0.25, -0.2) is 8.78 Å². The van der Waals surface area contributed by atoms with E-state index in [-0.39, 0.29) is 49.5 Å². The average Bonchev–Trinajstić information content (AvgIpc) is 2.98. The third-order valence-corrected chi connectivity index (χ3v) is 5.60. The van der Waals surface area contributed by atoms with Gasteiger partial charge < -0.3 is 10.4 Å². The highest BCUT2D eigenvalue weighted by Gasteiger charge is 2.52. The number of fused-ring (bicyclic) bond motifs is 2. The summed E-state index contributed by atoms with van der Waals surface area (Å²) >= 11 is 0. The van der Waals surface area contributed by atoms with E-state index in [0.29, 0.717) is 0 Å². The first-order chi connectivity index (χ1) is 9.87. The Hall–Kier alpha value is -1.20. The van der Waals surface area contributed by atoms with Crippen LogP contribution in [-0.2, 0) is 9.59 Å². The normalized spacial score (nSPS) is 38.4. The van der Waals surface area contributed by atoms with Gasteiger partial charge in [-0.1, -0.05) is 0 Å². The predicted molar refractivity (Wildman–Crippen MR) is 70.8 cm³/mol. The number of halogens is 2. The number of carboxylic acids is 1. The Morgan fingerprint density at radius 3 is 2.29 bits per heavy atom. The van der Waals surface area contributed by atoms with Crippen LogP contribution in [0.25, 0.3) is 0 Å². The molecule has 0 aromatic heterocycles. The number of hydrogen-bond acceptors (Lipinski definition) is 2. The molecule has 1 amide bonds. The van der Waals surface area contributed by atoms with Gasteiger partial charge in [-0.05, 0) is 43.9 Å². The minimum atomic E-state index is -2.65. The van der Waals surface area contributed by atoms with Crippen LogP contribution < -0.4 is 5.32 Å². The van der Waals surface area contributed by atoms with Crippen molar-refractivity contribution in [3.05, 3.63) is 0 Å². The molecule has 3 fully saturated rings. The molecule has 0 aromatic rings. The van der Waals surface area contributed by atoms with Gasteiger partial charge in [-0.3, -0.25) is 9.59 Å². The molecular formula is C15H21F2NO3. The molecule has 118 valence electrons. The number of alkyl halides is 2. The van der Waals surface area contributed by atoms with Crippen LogP contribution in [0.3, 0.4) is 0 Å². The first-order valence-corrected chi connectivity index (χ1v) is 7.78. The molecule has 0 heterocycles. The minimum Gasteiger partial charge on any atom is -0.481 e. The van der Waals surface area contributed by atoms with Gasteiger partial charge in [0.15, 0.2) is 0 Å². The van der Waals surface area contributed by atoms with Crippen LogP contribution in [0, 0.1) is 23.7 Å². The summed E-state index contributed by atoms with van der Waals surface area (Å²) in [5.74, 6) is -4.21. The van der Waals surface area contributed by atoms with Gasteiger partial charge in [-0.15, -0.1) is 0 Å². The topological polar surface area (TPSA) is 66.4 Å². The first-order valence-electron chi connectivity index (χ1n) is 7.78. The summed E-state index contributed by atoms with van der Waals surface area (Å²) in [4.78, 5) is 23.7. The summed E-state index contributed by atoms with van der Waals surface area (Å²) in [7, 11) is 0. The minimum absolute atomic E-state index is 0.161. The van der Waals surface area contributed by atoms with Gasteiger partial charge in [0.25, 0.3) is 0 Å². The van der Waals surface area contributed by atoms with E-state index in [4.69, 9.17) is 0 Å². The van der Waals surface area contributed by atoms with Crippen LogP contribution >= 0.6 is 0 Å². The van der Waals surface area contributed by atoms with Crippen LogP contribution in [0.5, 0.6) is 0 Å². The predicted octanol–water partition coefficient (Wildman–Crippen LogP) is 2.43. The average molecular weight is 301 g/mol. The number of amides is 1. The second kappa shape index (κ2) is 5.21. The Kier molecular flexibility index (Phi) is 3.66. The van der Waals surface area contributed by atoms with E-state index in [1.54, 1.807) is 0 Å². The highest BCUT2D eigenvalue weighted by molar-refractivity contribution is 5.81. The molecular weight excluding hydrogens is 280 g/mol. The summed E-state index contributed by atoms with van der Waals surface area (Å²) in [6, 6.07) is -0.309. The number of rotatable bonds is 3. The monoisotopic (exact) mass is 301 g/mol. The highest BCUT2D eigenvalue weighted by Crippen LogP contribution is 2.48. The lowest BCUT2D eigenvalue weighted by atomic mass is 9.82. The van der Waals surface area contributed by atoms with Crippen molar-refractivity contribution in [3.63, 3.8) is 0 Å². The zero-order chi connectivity index (χ0) is 15.2. The van der Waals surface area contributed by atoms with Gasteiger partial charge in [0.05, 0.1) is 5.92 Å². The second-order valence-corrected chi connectivity index (χ2v) is 6.86. The van der Waals surface area contributed by atoms with Crippen molar-refractivity contribution in [1.29, 1.82) is 0 Å². The Bertz CT molecular complexity index is 444. The van der Waals surface area contributed by atoms with E-state index >= 15 is 0 Å². The molecule has 21 heavy (non-hydrogen) atoms. The van der Waals surface area contributed by atoms with E-state index < -0.39 is 23.7 Å². The van der Waals surface area contributed by atoms with Crippen LogP contribution in [0.15, 0.2) is 0 Å². The molecule has 2 bridgehead atoms. The van der Waals surface area contributed by atoms with Crippen molar-refractivity contribution in [3.8, 4) is 0 Å². The zero-order valence-electron chi connectivity index (χ0n) is 11.9. The molecule has 4 nitrogen and oxygen atoms in total. The third kappa shape index (κ3) is 2.77. The van der Waals surface area contributed by atoms with Crippen molar-refractivity contribution >= 4 is 11.9 Å². The maximum Gasteiger partial charge on any atom is 0.308 e. The fraction of sp³-hybridized carbons (Fsp3) is 0.867. The lowest BCUT2D eigenvalue weighted by molar-refractivity contribution is -0.145. The lowest BCUT2D eigenvalue weighted by Gasteiger charge is -2.32. The van der Waals surface area contributed by atoms with Crippen LogP contribution in [-0.4, -0.2) is 28.9 Å². The number of hydrogen-bond donors (Lipinski definition) is 2. The number of carbonyl (C=O) groups is 2. The Morgan fingerprint density at radius 1 is 1.05 bits per heavy atom. The van der Waals surface area contributed by atoms with Crippen molar-refractivity contribution in [2.24, 2.45) is 23.7 Å². The van der Waals surface area contributed by atoms with Crippen molar-refractivity contribution in [2.75, 3.05) is 0 Å². The molecule has 6 heteroatoms. The molecule has 0 unspecified atom stereocenters. The lowest BCUT2D eigenvalue weighted by Crippen LogP contribution is -2.49. The Labute approximate surface area is 122 Å². The molecule has 0 aromatic carbocycles. The van der Waals surface area contributed by atoms with Crippen molar-refractivity contribution in [2.45, 2.75) is 56.9 Å². The number of nitrogens with one attached hydrogen (secondary N) is 1. The largest absolute Gasteiger partial charge is 0.481 e. The maximum atomic E-state index is 13.1. The molecule has 0 radical (unpaired) electrons. The van der Waals surface area contributed by atoms with Gasteiger partial charge in [0.1, 0.15) is 0 Å². The fourth-order valence-corrected chi connectivity index (χ4v) is 4.44. The molecule has 3 aliphatic carbocycles. The van der Waals surface area contributed by atoms with Gasteiger partial charge >= 0.3 is 5.97 Å². The highest BCUT2D eigenvalue weighted by atomic mass is 19.3. The van der Waals surface area contributed by atoms with Gasteiger partial charge in [0, 0.05) is 24.8 Å². The fourth-order valence-electron chi connectivity index (χ4n) is 4.44. The first kappa shape index (κ1) is 14.7. The van der Waals surface area contributed by atoms with E-state index in [2.05, 4.69) is 5.32 Å². The van der Waals surface area contributed by atoms with E-state index in [1.807, 2.05) is 0 Å². The van der Waals surface area contributed by atoms with Gasteiger partial charge in [-0.2, -0.15) is 0 Å². The van der Waals surface area contributed by atoms with E-state index in [9.17, 15) is 23.5 Å². The van der Waals surface area contributed by atoms with Crippen LogP contribution in [0.1, 0.15) is 44.9 Å². The summed E-state index contributed by atoms with van der Waals surface area (Å²) in [6.45, 7) is 0. The number of aliphatic carboxylic acids is 1. The molecule has 3 rings (SSSR count). The second-order valence-electron chi connectivity index (χ2n) is 6.86. The molecule has 3 aliphatic rings. The Balaban J connectivity index is 1.61. The quantitative estimate of drug-likeness (QED) is 0.841. The SMILES string of the molecule is O=C(N[C@@H]1[C@H]2CC[C@H](C2)[C@@H]1C(=O)O)C1CCC(F)(F)CC1. The van der Waals surface area contributed by atoms with Crippen LogP contribution in [0.2, 0.25) is 0 Å². The molecule has 0 aliphatic heterocycles. The Morgan fingerprint density at radius 2 is 1.67 bits per heavy atom. The molecule has 0 saturated heterocycles. The standard InChI is InChI=1S/C15H21F2NO3/c16-15(17)5-3-8(4-6-15)13(19)18-12-10-2-1-9(7-10)11(12)14(20)21/h8-12H,1-7H2,(H,18,19)(H,20,21)/t9-,10+,11+,12-/m1/s1. The van der Waals surface area contributed by atoms with E-state index in [1.165, 1.54) is 0 Å². The number of carbonyl (C=O) groups excluding carboxylic acids is 1. The molecule has 4 atom stereocenters. The van der Waals surface area contributed by atoms with Crippen molar-refractivity contribution in [1.82, 2.24) is 5.32 Å². The smallest absolute Gasteiger partial charge is 0.308 e. The molecule has 0 spiro atoms. The van der Waals surface area contributed by atoms with E-state index in [0.717, 1.165) is 19.3 Å². The summed E-state index contributed by atoms with van der Waals surface area (Å²) < 4.78 is 26.3. The summed E-state index contributed by atoms with van der Waals surface area (Å²) in [5.41, 5.74) is 0.